The first kappa shape index (κ1) is 30.6. The van der Waals surface area contributed by atoms with Crippen LogP contribution < -0.4 is 0 Å². The average Bonchev–Trinajstić information content (AvgIpc) is 3.65. The zero-order valence-corrected chi connectivity index (χ0v) is 28.6. The Hall–Kier alpha value is -7.17. The molecular formula is C49H31N3O. The van der Waals surface area contributed by atoms with Crippen molar-refractivity contribution in [2.24, 2.45) is 0 Å². The molecule has 3 heterocycles. The first-order chi connectivity index (χ1) is 26.3. The lowest BCUT2D eigenvalue weighted by atomic mass is 9.93. The molecule has 10 rings (SSSR count). The zero-order chi connectivity index (χ0) is 35.1. The maximum absolute atomic E-state index is 6.90. The summed E-state index contributed by atoms with van der Waals surface area (Å²) in [6, 6.07) is 64.8. The van der Waals surface area contributed by atoms with Gasteiger partial charge in [0.05, 0.1) is 27.8 Å². The first-order valence-electron chi connectivity index (χ1n) is 17.8. The molecule has 0 bridgehead atoms. The lowest BCUT2D eigenvalue weighted by Crippen LogP contribution is -1.95. The normalized spacial score (nSPS) is 11.4. The largest absolute Gasteiger partial charge is 0.455 e. The zero-order valence-electron chi connectivity index (χ0n) is 28.6. The molecule has 3 aromatic heterocycles. The third kappa shape index (κ3) is 5.45. The molecule has 0 fully saturated rings. The van der Waals surface area contributed by atoms with E-state index in [1.54, 1.807) is 0 Å². The molecule has 4 nitrogen and oxygen atoms in total. The molecule has 53 heavy (non-hydrogen) atoms. The van der Waals surface area contributed by atoms with Crippen molar-refractivity contribution < 1.29 is 4.42 Å². The number of benzene rings is 7. The summed E-state index contributed by atoms with van der Waals surface area (Å²) < 4.78 is 6.90. The monoisotopic (exact) mass is 677 g/mol. The van der Waals surface area contributed by atoms with Crippen LogP contribution in [0.1, 0.15) is 0 Å². The molecule has 4 heteroatoms. The van der Waals surface area contributed by atoms with Crippen LogP contribution in [-0.2, 0) is 0 Å². The van der Waals surface area contributed by atoms with E-state index in [4.69, 9.17) is 19.4 Å². The molecule has 0 aliphatic heterocycles. The molecule has 0 saturated carbocycles. The van der Waals surface area contributed by atoms with E-state index in [2.05, 4.69) is 133 Å². The topological polar surface area (TPSA) is 51.8 Å². The predicted octanol–water partition coefficient (Wildman–Crippen LogP) is 12.9. The maximum Gasteiger partial charge on any atom is 0.160 e. The van der Waals surface area contributed by atoms with E-state index in [1.165, 1.54) is 0 Å². The SMILES string of the molecule is c1ccc(-c2nc(-c3ccc(-c4cccc(-c5nc6ccccc6c6oc(-c7ccccc7)c(-c7ccccc7)c56)c4)cc3)c3ccccc3n2)cc1. The Morgan fingerprint density at radius 1 is 0.340 bits per heavy atom. The number of para-hydroxylation sites is 2. The second kappa shape index (κ2) is 12.9. The van der Waals surface area contributed by atoms with Gasteiger partial charge in [0.15, 0.2) is 5.82 Å². The molecule has 0 amide bonds. The van der Waals surface area contributed by atoms with Crippen LogP contribution in [0.25, 0.3) is 100 Å². The second-order valence-electron chi connectivity index (χ2n) is 13.2. The van der Waals surface area contributed by atoms with Gasteiger partial charge in [0.25, 0.3) is 0 Å². The summed E-state index contributed by atoms with van der Waals surface area (Å²) in [4.78, 5) is 15.3. The van der Waals surface area contributed by atoms with Crippen LogP contribution in [0, 0.1) is 0 Å². The molecule has 7 aromatic carbocycles. The van der Waals surface area contributed by atoms with E-state index >= 15 is 0 Å². The number of aromatic nitrogens is 3. The Bertz CT molecular complexity index is 2920. The van der Waals surface area contributed by atoms with Gasteiger partial charge in [-0.25, -0.2) is 15.0 Å². The molecular weight excluding hydrogens is 647 g/mol. The van der Waals surface area contributed by atoms with Crippen molar-refractivity contribution in [2.75, 3.05) is 0 Å². The highest BCUT2D eigenvalue weighted by Gasteiger charge is 2.24. The van der Waals surface area contributed by atoms with E-state index in [0.29, 0.717) is 0 Å². The molecule has 0 N–H and O–H groups in total. The highest BCUT2D eigenvalue weighted by Crippen LogP contribution is 2.47. The number of hydrogen-bond donors (Lipinski definition) is 0. The van der Waals surface area contributed by atoms with Crippen LogP contribution in [0.3, 0.4) is 0 Å². The Labute approximate surface area is 306 Å². The van der Waals surface area contributed by atoms with Crippen LogP contribution in [0.5, 0.6) is 0 Å². The Balaban J connectivity index is 1.12. The fourth-order valence-electron chi connectivity index (χ4n) is 7.35. The van der Waals surface area contributed by atoms with Crippen molar-refractivity contribution in [3.8, 4) is 67.5 Å². The fourth-order valence-corrected chi connectivity index (χ4v) is 7.35. The van der Waals surface area contributed by atoms with Crippen LogP contribution >= 0.6 is 0 Å². The number of hydrogen-bond acceptors (Lipinski definition) is 4. The first-order valence-corrected chi connectivity index (χ1v) is 17.8. The smallest absolute Gasteiger partial charge is 0.160 e. The van der Waals surface area contributed by atoms with Crippen molar-refractivity contribution in [3.05, 3.63) is 188 Å². The molecule has 0 saturated heterocycles. The van der Waals surface area contributed by atoms with Crippen molar-refractivity contribution in [1.82, 2.24) is 15.0 Å². The van der Waals surface area contributed by atoms with Crippen molar-refractivity contribution in [2.45, 2.75) is 0 Å². The van der Waals surface area contributed by atoms with Crippen molar-refractivity contribution in [3.63, 3.8) is 0 Å². The Morgan fingerprint density at radius 3 is 1.60 bits per heavy atom. The van der Waals surface area contributed by atoms with Gasteiger partial charge in [-0.1, -0.05) is 164 Å². The minimum Gasteiger partial charge on any atom is -0.455 e. The van der Waals surface area contributed by atoms with Crippen LogP contribution in [0.15, 0.2) is 192 Å². The van der Waals surface area contributed by atoms with Crippen molar-refractivity contribution in [1.29, 1.82) is 0 Å². The van der Waals surface area contributed by atoms with Gasteiger partial charge in [0.1, 0.15) is 11.3 Å². The maximum atomic E-state index is 6.90. The van der Waals surface area contributed by atoms with E-state index in [-0.39, 0.29) is 0 Å². The summed E-state index contributed by atoms with van der Waals surface area (Å²) in [5.74, 6) is 1.56. The van der Waals surface area contributed by atoms with Gasteiger partial charge in [-0.2, -0.15) is 0 Å². The molecule has 248 valence electrons. The molecule has 0 radical (unpaired) electrons. The lowest BCUT2D eigenvalue weighted by molar-refractivity contribution is 0.636. The van der Waals surface area contributed by atoms with Gasteiger partial charge in [-0.05, 0) is 41.0 Å². The molecule has 0 aliphatic rings. The van der Waals surface area contributed by atoms with Gasteiger partial charge in [0, 0.05) is 38.6 Å². The summed E-state index contributed by atoms with van der Waals surface area (Å²) in [5, 5.41) is 3.02. The van der Waals surface area contributed by atoms with E-state index in [1.807, 2.05) is 54.6 Å². The standard InChI is InChI=1S/C49H31N3O/c1-4-15-33(16-5-1)43-44-46(50-42-26-13-11-24-40(42)48(44)53-47(43)35-17-6-2-7-18-35)38-22-14-21-37(31-38)32-27-29-34(30-28-32)45-39-23-10-12-25-41(39)51-49(52-45)36-19-8-3-9-20-36/h1-31H. The third-order valence-electron chi connectivity index (χ3n) is 9.89. The minimum absolute atomic E-state index is 0.717. The van der Waals surface area contributed by atoms with Gasteiger partial charge >= 0.3 is 0 Å². The van der Waals surface area contributed by atoms with E-state index in [0.717, 1.165) is 100 Å². The lowest BCUT2D eigenvalue weighted by Gasteiger charge is -2.12. The van der Waals surface area contributed by atoms with Gasteiger partial charge in [-0.15, -0.1) is 0 Å². The highest BCUT2D eigenvalue weighted by molar-refractivity contribution is 6.17. The Morgan fingerprint density at radius 2 is 0.887 bits per heavy atom. The highest BCUT2D eigenvalue weighted by atomic mass is 16.3. The number of rotatable bonds is 6. The molecule has 10 aromatic rings. The summed E-state index contributed by atoms with van der Waals surface area (Å²) in [7, 11) is 0. The number of fused-ring (bicyclic) bond motifs is 4. The predicted molar refractivity (Wildman–Crippen MR) is 217 cm³/mol. The molecule has 0 spiro atoms. The summed E-state index contributed by atoms with van der Waals surface area (Å²) in [6.07, 6.45) is 0. The number of pyridine rings is 1. The molecule has 0 atom stereocenters. The van der Waals surface area contributed by atoms with Crippen molar-refractivity contribution >= 4 is 32.8 Å². The van der Waals surface area contributed by atoms with Crippen LogP contribution in [-0.4, -0.2) is 15.0 Å². The Kier molecular flexibility index (Phi) is 7.43. The minimum atomic E-state index is 0.717. The van der Waals surface area contributed by atoms with Crippen LogP contribution in [0.2, 0.25) is 0 Å². The van der Waals surface area contributed by atoms with E-state index < -0.39 is 0 Å². The second-order valence-corrected chi connectivity index (χ2v) is 13.2. The fraction of sp³-hybridized carbons (Fsp3) is 0. The molecule has 0 aliphatic carbocycles. The molecule has 0 unspecified atom stereocenters. The summed E-state index contributed by atoms with van der Waals surface area (Å²) in [5.41, 5.74) is 12.9. The van der Waals surface area contributed by atoms with E-state index in [9.17, 15) is 0 Å². The number of nitrogens with zero attached hydrogens (tertiary/aromatic N) is 3. The average molecular weight is 678 g/mol. The number of furan rings is 1. The van der Waals surface area contributed by atoms with Gasteiger partial charge in [-0.3, -0.25) is 0 Å². The van der Waals surface area contributed by atoms with Gasteiger partial charge in [0.2, 0.25) is 0 Å². The third-order valence-corrected chi connectivity index (χ3v) is 9.89. The quantitative estimate of drug-likeness (QED) is 0.176. The van der Waals surface area contributed by atoms with Gasteiger partial charge < -0.3 is 4.42 Å². The summed E-state index contributed by atoms with van der Waals surface area (Å²) in [6.45, 7) is 0. The van der Waals surface area contributed by atoms with Crippen LogP contribution in [0.4, 0.5) is 0 Å². The summed E-state index contributed by atoms with van der Waals surface area (Å²) >= 11 is 0.